The zero-order chi connectivity index (χ0) is 16.4. The molecule has 1 aromatic heterocycles. The van der Waals surface area contributed by atoms with Gasteiger partial charge in [0, 0.05) is 48.7 Å². The van der Waals surface area contributed by atoms with Gasteiger partial charge >= 0.3 is 0 Å². The van der Waals surface area contributed by atoms with Crippen molar-refractivity contribution in [3.05, 3.63) is 53.6 Å². The summed E-state index contributed by atoms with van der Waals surface area (Å²) < 4.78 is 0. The highest BCUT2D eigenvalue weighted by Gasteiger charge is 2.21. The van der Waals surface area contributed by atoms with Gasteiger partial charge in [0.15, 0.2) is 0 Å². The molecule has 0 unspecified atom stereocenters. The fourth-order valence-corrected chi connectivity index (χ4v) is 2.67. The average Bonchev–Trinajstić information content (AvgIpc) is 2.68. The van der Waals surface area contributed by atoms with Gasteiger partial charge in [-0.1, -0.05) is 32.9 Å². The fraction of sp³-hybridized carbons (Fsp3) is 0.389. The van der Waals surface area contributed by atoms with Gasteiger partial charge in [0.1, 0.15) is 5.82 Å². The van der Waals surface area contributed by atoms with E-state index in [0.29, 0.717) is 13.1 Å². The molecular weight excluding hydrogens is 288 g/mol. The number of carbonyl (C=O) groups excluding carboxylic acids is 1. The number of nitrogens with zero attached hydrogens (tertiary/aromatic N) is 3. The van der Waals surface area contributed by atoms with E-state index >= 15 is 0 Å². The number of aromatic nitrogens is 2. The molecule has 23 heavy (non-hydrogen) atoms. The summed E-state index contributed by atoms with van der Waals surface area (Å²) in [5.41, 5.74) is 2.67. The van der Waals surface area contributed by atoms with Crippen molar-refractivity contribution in [3.63, 3.8) is 0 Å². The molecule has 1 aromatic carbocycles. The Morgan fingerprint density at radius 2 is 1.87 bits per heavy atom. The molecule has 0 fully saturated rings. The molecule has 5 heteroatoms. The topological polar surface area (TPSA) is 58.1 Å². The van der Waals surface area contributed by atoms with Crippen LogP contribution in [-0.4, -0.2) is 29.0 Å². The molecule has 0 saturated heterocycles. The second kappa shape index (κ2) is 5.99. The predicted molar refractivity (Wildman–Crippen MR) is 90.6 cm³/mol. The van der Waals surface area contributed by atoms with Crippen LogP contribution in [0.15, 0.2) is 36.7 Å². The molecule has 1 amide bonds. The van der Waals surface area contributed by atoms with Crippen molar-refractivity contribution in [1.29, 1.82) is 0 Å². The third-order valence-electron chi connectivity index (χ3n) is 3.91. The molecule has 2 heterocycles. The summed E-state index contributed by atoms with van der Waals surface area (Å²) in [7, 11) is 0. The molecule has 0 spiro atoms. The van der Waals surface area contributed by atoms with E-state index in [-0.39, 0.29) is 11.3 Å². The third-order valence-corrected chi connectivity index (χ3v) is 3.91. The smallest absolute Gasteiger partial charge is 0.253 e. The van der Waals surface area contributed by atoms with Crippen LogP contribution in [0.5, 0.6) is 0 Å². The average molecular weight is 310 g/mol. The summed E-state index contributed by atoms with van der Waals surface area (Å²) in [6.07, 6.45) is 3.77. The Labute approximate surface area is 136 Å². The van der Waals surface area contributed by atoms with Crippen molar-refractivity contribution in [2.75, 3.05) is 18.0 Å². The molecule has 0 saturated carbocycles. The van der Waals surface area contributed by atoms with Crippen LogP contribution >= 0.6 is 0 Å². The molecule has 3 rings (SSSR count). The monoisotopic (exact) mass is 310 g/mol. The van der Waals surface area contributed by atoms with E-state index in [0.717, 1.165) is 29.2 Å². The van der Waals surface area contributed by atoms with Crippen LogP contribution in [0, 0.1) is 0 Å². The number of fused-ring (bicyclic) bond motifs is 1. The number of benzene rings is 1. The molecule has 0 atom stereocenters. The van der Waals surface area contributed by atoms with Gasteiger partial charge in [0.25, 0.3) is 5.91 Å². The maximum absolute atomic E-state index is 12.1. The molecule has 0 radical (unpaired) electrons. The zero-order valence-corrected chi connectivity index (χ0v) is 13.8. The number of nitrogens with one attached hydrogen (secondary N) is 1. The summed E-state index contributed by atoms with van der Waals surface area (Å²) in [5, 5.41) is 2.93. The maximum Gasteiger partial charge on any atom is 0.253 e. The van der Waals surface area contributed by atoms with E-state index in [1.807, 2.05) is 36.7 Å². The first kappa shape index (κ1) is 15.5. The van der Waals surface area contributed by atoms with Crippen molar-refractivity contribution < 1.29 is 4.79 Å². The van der Waals surface area contributed by atoms with Crippen LogP contribution in [0.3, 0.4) is 0 Å². The summed E-state index contributed by atoms with van der Waals surface area (Å²) >= 11 is 0. The number of carbonyl (C=O) groups is 1. The molecule has 5 nitrogen and oxygen atoms in total. The van der Waals surface area contributed by atoms with Crippen LogP contribution in [0.2, 0.25) is 0 Å². The second-order valence-electron chi connectivity index (χ2n) is 6.86. The summed E-state index contributed by atoms with van der Waals surface area (Å²) in [5.74, 6) is 0.830. The van der Waals surface area contributed by atoms with Crippen LogP contribution in [0.4, 0.5) is 5.69 Å². The minimum atomic E-state index is -0.0515. The molecule has 0 bridgehead atoms. The molecular formula is C18H22N4O. The number of hydrogen-bond acceptors (Lipinski definition) is 4. The summed E-state index contributed by atoms with van der Waals surface area (Å²) in [6, 6.07) is 7.71. The van der Waals surface area contributed by atoms with Crippen molar-refractivity contribution in [2.24, 2.45) is 0 Å². The highest BCUT2D eigenvalue weighted by atomic mass is 16.1. The number of hydrogen-bond donors (Lipinski definition) is 1. The number of amides is 1. The second-order valence-corrected chi connectivity index (χ2v) is 6.86. The first-order valence-electron chi connectivity index (χ1n) is 7.89. The largest absolute Gasteiger partial charge is 0.365 e. The maximum atomic E-state index is 12.1. The number of anilines is 1. The van der Waals surface area contributed by atoms with Gasteiger partial charge in [-0.15, -0.1) is 0 Å². The minimum absolute atomic E-state index is 0.0116. The molecule has 120 valence electrons. The van der Waals surface area contributed by atoms with Crippen molar-refractivity contribution >= 4 is 11.6 Å². The Morgan fingerprint density at radius 3 is 2.57 bits per heavy atom. The minimum Gasteiger partial charge on any atom is -0.365 e. The first-order chi connectivity index (χ1) is 10.9. The van der Waals surface area contributed by atoms with Gasteiger partial charge in [-0.25, -0.2) is 9.97 Å². The number of para-hydroxylation sites is 1. The van der Waals surface area contributed by atoms with E-state index < -0.39 is 0 Å². The Balaban J connectivity index is 1.85. The van der Waals surface area contributed by atoms with Crippen LogP contribution in [-0.2, 0) is 12.0 Å². The SMILES string of the molecule is CC(C)(C)c1ncc(CN2CCNC(=O)c3ccccc32)cn1. The highest BCUT2D eigenvalue weighted by Crippen LogP contribution is 2.24. The van der Waals surface area contributed by atoms with E-state index in [1.165, 1.54) is 0 Å². The molecule has 1 N–H and O–H groups in total. The highest BCUT2D eigenvalue weighted by molar-refractivity contribution is 6.00. The van der Waals surface area contributed by atoms with E-state index in [1.54, 1.807) is 0 Å². The van der Waals surface area contributed by atoms with Crippen LogP contribution in [0.1, 0.15) is 42.5 Å². The van der Waals surface area contributed by atoms with Gasteiger partial charge < -0.3 is 10.2 Å². The molecule has 2 aromatic rings. The Morgan fingerprint density at radius 1 is 1.17 bits per heavy atom. The summed E-state index contributed by atoms with van der Waals surface area (Å²) in [6.45, 7) is 8.40. The Bertz CT molecular complexity index is 704. The molecule has 1 aliphatic heterocycles. The lowest BCUT2D eigenvalue weighted by Gasteiger charge is -2.24. The van der Waals surface area contributed by atoms with E-state index in [2.05, 4.69) is 41.0 Å². The van der Waals surface area contributed by atoms with E-state index in [9.17, 15) is 4.79 Å². The zero-order valence-electron chi connectivity index (χ0n) is 13.8. The molecule has 0 aliphatic carbocycles. The van der Waals surface area contributed by atoms with Crippen molar-refractivity contribution in [2.45, 2.75) is 32.7 Å². The Kier molecular flexibility index (Phi) is 4.03. The van der Waals surface area contributed by atoms with E-state index in [4.69, 9.17) is 0 Å². The Hall–Kier alpha value is -2.43. The molecule has 1 aliphatic rings. The lowest BCUT2D eigenvalue weighted by molar-refractivity contribution is 0.0958. The van der Waals surface area contributed by atoms with Gasteiger partial charge in [0.2, 0.25) is 0 Å². The first-order valence-corrected chi connectivity index (χ1v) is 7.89. The predicted octanol–water partition coefficient (Wildman–Crippen LogP) is 2.52. The number of rotatable bonds is 2. The normalized spacial score (nSPS) is 14.9. The summed E-state index contributed by atoms with van der Waals surface area (Å²) in [4.78, 5) is 23.3. The lowest BCUT2D eigenvalue weighted by atomic mass is 9.96. The standard InChI is InChI=1S/C18H22N4O/c1-18(2,3)17-20-10-13(11-21-17)12-22-9-8-19-16(23)14-6-4-5-7-15(14)22/h4-7,10-11H,8-9,12H2,1-3H3,(H,19,23). The quantitative estimate of drug-likeness (QED) is 0.926. The lowest BCUT2D eigenvalue weighted by Crippen LogP contribution is -2.29. The third kappa shape index (κ3) is 3.33. The van der Waals surface area contributed by atoms with Crippen molar-refractivity contribution in [3.8, 4) is 0 Å². The van der Waals surface area contributed by atoms with Gasteiger partial charge in [-0.2, -0.15) is 0 Å². The van der Waals surface area contributed by atoms with Gasteiger partial charge in [-0.3, -0.25) is 4.79 Å². The van der Waals surface area contributed by atoms with Gasteiger partial charge in [0.05, 0.1) is 5.56 Å². The van der Waals surface area contributed by atoms with Crippen LogP contribution in [0.25, 0.3) is 0 Å². The van der Waals surface area contributed by atoms with Crippen LogP contribution < -0.4 is 10.2 Å². The van der Waals surface area contributed by atoms with Crippen molar-refractivity contribution in [1.82, 2.24) is 15.3 Å². The fourth-order valence-electron chi connectivity index (χ4n) is 2.67. The van der Waals surface area contributed by atoms with Gasteiger partial charge in [-0.05, 0) is 12.1 Å².